The summed E-state index contributed by atoms with van der Waals surface area (Å²) in [5.74, 6) is 1.12. The smallest absolute Gasteiger partial charge is 0.257 e. The monoisotopic (exact) mass is 458 g/mol. The summed E-state index contributed by atoms with van der Waals surface area (Å²) >= 11 is 0. The van der Waals surface area contributed by atoms with E-state index in [1.54, 1.807) is 18.6 Å². The van der Waals surface area contributed by atoms with Gasteiger partial charge in [-0.05, 0) is 18.9 Å². The Hall–Kier alpha value is -3.75. The molecule has 1 spiro atoms. The number of aromatic nitrogens is 4. The molecular formula is C25H26N6O3. The Morgan fingerprint density at radius 1 is 1.00 bits per heavy atom. The minimum Gasteiger partial charge on any atom is -0.485 e. The van der Waals surface area contributed by atoms with Gasteiger partial charge in [0.25, 0.3) is 11.8 Å². The topological polar surface area (TPSA) is 104 Å². The van der Waals surface area contributed by atoms with Crippen LogP contribution in [0.5, 0.6) is 5.75 Å². The number of piperidine rings is 1. The molecule has 0 unspecified atom stereocenters. The molecule has 1 aliphatic carbocycles. The number of carbonyl (C=O) groups excluding carboxylic acids is 2. The average Bonchev–Trinajstić information content (AvgIpc) is 3.63. The lowest BCUT2D eigenvalue weighted by molar-refractivity contribution is -0.0120. The third-order valence-corrected chi connectivity index (χ3v) is 7.08. The fraction of sp³-hybridized carbons (Fsp3) is 0.400. The first kappa shape index (κ1) is 20.8. The summed E-state index contributed by atoms with van der Waals surface area (Å²) in [7, 11) is 0. The second kappa shape index (κ2) is 8.23. The van der Waals surface area contributed by atoms with E-state index in [0.717, 1.165) is 29.8 Å². The number of benzene rings is 1. The molecule has 1 N–H and O–H groups in total. The van der Waals surface area contributed by atoms with Crippen LogP contribution in [0.2, 0.25) is 0 Å². The maximum atomic E-state index is 13.7. The molecule has 0 atom stereocenters. The van der Waals surface area contributed by atoms with Gasteiger partial charge in [-0.1, -0.05) is 18.2 Å². The molecule has 34 heavy (non-hydrogen) atoms. The highest BCUT2D eigenvalue weighted by atomic mass is 16.5. The van der Waals surface area contributed by atoms with Crippen LogP contribution in [0.25, 0.3) is 0 Å². The number of hydrogen-bond donors (Lipinski definition) is 1. The lowest BCUT2D eigenvalue weighted by Gasteiger charge is -2.42. The summed E-state index contributed by atoms with van der Waals surface area (Å²) in [5, 5.41) is 7.22. The zero-order chi connectivity index (χ0) is 23.1. The van der Waals surface area contributed by atoms with E-state index in [1.165, 1.54) is 6.33 Å². The van der Waals surface area contributed by atoms with Gasteiger partial charge in [-0.3, -0.25) is 14.7 Å². The maximum Gasteiger partial charge on any atom is 0.257 e. The summed E-state index contributed by atoms with van der Waals surface area (Å²) in [4.78, 5) is 38.2. The minimum absolute atomic E-state index is 0.0183. The number of amides is 2. The first-order chi connectivity index (χ1) is 16.6. The number of fused-ring (bicyclic) bond motifs is 1. The average molecular weight is 459 g/mol. The second-order valence-corrected chi connectivity index (χ2v) is 9.44. The summed E-state index contributed by atoms with van der Waals surface area (Å²) < 4.78 is 6.63. The van der Waals surface area contributed by atoms with Crippen LogP contribution in [0.3, 0.4) is 0 Å². The van der Waals surface area contributed by atoms with Gasteiger partial charge < -0.3 is 14.5 Å². The summed E-state index contributed by atoms with van der Waals surface area (Å²) in [6.07, 6.45) is 9.60. The molecule has 1 saturated heterocycles. The van der Waals surface area contributed by atoms with Crippen molar-refractivity contribution in [3.05, 3.63) is 71.6 Å². The van der Waals surface area contributed by atoms with Crippen LogP contribution in [0.4, 0.5) is 0 Å². The van der Waals surface area contributed by atoms with E-state index in [0.29, 0.717) is 56.1 Å². The van der Waals surface area contributed by atoms with Crippen molar-refractivity contribution < 1.29 is 14.3 Å². The van der Waals surface area contributed by atoms with Gasteiger partial charge in [-0.2, -0.15) is 5.10 Å². The number of nitrogens with one attached hydrogen (secondary N) is 1. The number of aromatic amines is 1. The summed E-state index contributed by atoms with van der Waals surface area (Å²) in [6.45, 7) is 2.02. The number of carbonyl (C=O) groups is 2. The van der Waals surface area contributed by atoms with E-state index in [9.17, 15) is 9.59 Å². The zero-order valence-corrected chi connectivity index (χ0v) is 18.8. The first-order valence-electron chi connectivity index (χ1n) is 11.8. The highest BCUT2D eigenvalue weighted by Gasteiger charge is 2.43. The molecule has 1 saturated carbocycles. The predicted octanol–water partition coefficient (Wildman–Crippen LogP) is 2.79. The Bertz CT molecular complexity index is 1210. The highest BCUT2D eigenvalue weighted by molar-refractivity contribution is 5.95. The normalized spacial score (nSPS) is 19.3. The minimum atomic E-state index is -0.560. The Morgan fingerprint density at radius 3 is 2.53 bits per heavy atom. The largest absolute Gasteiger partial charge is 0.485 e. The molecule has 9 heteroatoms. The number of ether oxygens (including phenoxy) is 1. The van der Waals surface area contributed by atoms with Crippen molar-refractivity contribution in [1.82, 2.24) is 30.0 Å². The summed E-state index contributed by atoms with van der Waals surface area (Å²) in [6, 6.07) is 7.91. The predicted molar refractivity (Wildman–Crippen MR) is 122 cm³/mol. The first-order valence-corrected chi connectivity index (χ1v) is 11.8. The van der Waals surface area contributed by atoms with Crippen molar-refractivity contribution in [1.29, 1.82) is 0 Å². The van der Waals surface area contributed by atoms with E-state index < -0.39 is 5.60 Å². The molecule has 4 heterocycles. The molecule has 174 valence electrons. The van der Waals surface area contributed by atoms with Crippen molar-refractivity contribution in [3.63, 3.8) is 0 Å². The van der Waals surface area contributed by atoms with Crippen LogP contribution in [-0.4, -0.2) is 67.0 Å². The number of rotatable bonds is 3. The van der Waals surface area contributed by atoms with Crippen molar-refractivity contribution >= 4 is 11.8 Å². The number of nitrogens with zero attached hydrogens (tertiary/aromatic N) is 5. The van der Waals surface area contributed by atoms with Crippen molar-refractivity contribution in [2.24, 2.45) is 0 Å². The highest BCUT2D eigenvalue weighted by Crippen LogP contribution is 2.41. The van der Waals surface area contributed by atoms with Gasteiger partial charge in [0, 0.05) is 56.4 Å². The van der Waals surface area contributed by atoms with Crippen molar-refractivity contribution in [2.45, 2.75) is 43.7 Å². The SMILES string of the molecule is O=C(c1cncnc1)N1CCC2(CC1)CN(C(=O)c1cn[nH]c1C1CC1)Cc1ccccc1O2. The second-order valence-electron chi connectivity index (χ2n) is 9.44. The molecular weight excluding hydrogens is 432 g/mol. The third kappa shape index (κ3) is 3.81. The standard InChI is InChI=1S/C25H26N6O3/c32-23(19-11-26-16-27-12-19)30-9-7-25(8-10-30)15-31(14-18-3-1-2-4-21(18)34-25)24(33)20-13-28-29-22(20)17-5-6-17/h1-4,11-13,16-17H,5-10,14-15H2,(H,28,29). The van der Waals surface area contributed by atoms with Gasteiger partial charge in [0.15, 0.2) is 0 Å². The van der Waals surface area contributed by atoms with E-state index in [1.807, 2.05) is 34.1 Å². The Balaban J connectivity index is 1.26. The maximum absolute atomic E-state index is 13.7. The molecule has 2 amide bonds. The van der Waals surface area contributed by atoms with Gasteiger partial charge >= 0.3 is 0 Å². The zero-order valence-electron chi connectivity index (χ0n) is 18.8. The lowest BCUT2D eigenvalue weighted by atomic mass is 9.90. The van der Waals surface area contributed by atoms with Gasteiger partial charge in [0.2, 0.25) is 0 Å². The fourth-order valence-electron chi connectivity index (χ4n) is 5.04. The Morgan fingerprint density at radius 2 is 1.76 bits per heavy atom. The van der Waals surface area contributed by atoms with Crippen LogP contribution in [-0.2, 0) is 6.54 Å². The molecule has 2 aliphatic heterocycles. The molecule has 3 aromatic rings. The van der Waals surface area contributed by atoms with Gasteiger partial charge in [0.05, 0.1) is 29.6 Å². The third-order valence-electron chi connectivity index (χ3n) is 7.08. The van der Waals surface area contributed by atoms with E-state index >= 15 is 0 Å². The summed E-state index contributed by atoms with van der Waals surface area (Å²) in [5.41, 5.74) is 2.52. The number of hydrogen-bond acceptors (Lipinski definition) is 6. The van der Waals surface area contributed by atoms with E-state index in [2.05, 4.69) is 20.2 Å². The van der Waals surface area contributed by atoms with Crippen LogP contribution in [0.15, 0.2) is 49.2 Å². The molecule has 2 fully saturated rings. The lowest BCUT2D eigenvalue weighted by Crippen LogP contribution is -2.55. The molecule has 2 aromatic heterocycles. The van der Waals surface area contributed by atoms with Crippen molar-refractivity contribution in [2.75, 3.05) is 19.6 Å². The molecule has 1 aromatic carbocycles. The van der Waals surface area contributed by atoms with Crippen LogP contribution < -0.4 is 4.74 Å². The number of likely N-dealkylation sites (tertiary alicyclic amines) is 1. The van der Waals surface area contributed by atoms with Crippen LogP contribution in [0.1, 0.15) is 63.6 Å². The number of para-hydroxylation sites is 1. The van der Waals surface area contributed by atoms with Gasteiger partial charge in [-0.25, -0.2) is 9.97 Å². The van der Waals surface area contributed by atoms with Gasteiger partial charge in [0.1, 0.15) is 17.7 Å². The quantitative estimate of drug-likeness (QED) is 0.647. The van der Waals surface area contributed by atoms with E-state index in [4.69, 9.17) is 4.74 Å². The van der Waals surface area contributed by atoms with Crippen LogP contribution >= 0.6 is 0 Å². The van der Waals surface area contributed by atoms with Crippen molar-refractivity contribution in [3.8, 4) is 5.75 Å². The van der Waals surface area contributed by atoms with Crippen LogP contribution in [0, 0.1) is 0 Å². The Kier molecular flexibility index (Phi) is 5.04. The molecule has 9 nitrogen and oxygen atoms in total. The Labute approximate surface area is 197 Å². The molecule has 0 bridgehead atoms. The van der Waals surface area contributed by atoms with E-state index in [-0.39, 0.29) is 11.8 Å². The number of H-pyrrole nitrogens is 1. The molecule has 3 aliphatic rings. The van der Waals surface area contributed by atoms with Gasteiger partial charge in [-0.15, -0.1) is 0 Å². The molecule has 0 radical (unpaired) electrons. The fourth-order valence-corrected chi connectivity index (χ4v) is 5.04. The molecule has 6 rings (SSSR count).